The van der Waals surface area contributed by atoms with Crippen molar-refractivity contribution < 1.29 is 19.0 Å². The number of ether oxygens (including phenoxy) is 1. The van der Waals surface area contributed by atoms with Crippen LogP contribution in [0.1, 0.15) is 31.2 Å². The lowest BCUT2D eigenvalue weighted by atomic mass is 9.80. The van der Waals surface area contributed by atoms with E-state index < -0.39 is 5.97 Å². The quantitative estimate of drug-likeness (QED) is 0.278. The Kier molecular flexibility index (Phi) is 9.27. The van der Waals surface area contributed by atoms with Crippen LogP contribution in [0.2, 0.25) is 5.02 Å². The van der Waals surface area contributed by atoms with E-state index in [2.05, 4.69) is 9.88 Å². The van der Waals surface area contributed by atoms with Crippen molar-refractivity contribution in [1.82, 2.24) is 9.88 Å². The number of likely N-dealkylation sites (tertiary alicyclic amines) is 1. The molecule has 35 heavy (non-hydrogen) atoms. The normalized spacial score (nSPS) is 18.7. The summed E-state index contributed by atoms with van der Waals surface area (Å²) in [7, 11) is 1.65. The topological polar surface area (TPSA) is 62.7 Å². The lowest BCUT2D eigenvalue weighted by Crippen LogP contribution is -2.42. The van der Waals surface area contributed by atoms with Gasteiger partial charge in [0.15, 0.2) is 0 Å². The van der Waals surface area contributed by atoms with E-state index in [0.717, 1.165) is 77.5 Å². The fourth-order valence-corrected chi connectivity index (χ4v) is 7.10. The van der Waals surface area contributed by atoms with E-state index in [1.807, 2.05) is 18.2 Å². The Morgan fingerprint density at radius 1 is 1.37 bits per heavy atom. The van der Waals surface area contributed by atoms with E-state index in [9.17, 15) is 14.3 Å². The maximum atomic E-state index is 13.2. The van der Waals surface area contributed by atoms with Gasteiger partial charge in [-0.15, -0.1) is 23.1 Å². The number of fused-ring (bicyclic) bond motifs is 1. The molecule has 1 saturated heterocycles. The molecule has 5 nitrogen and oxygen atoms in total. The van der Waals surface area contributed by atoms with Gasteiger partial charge in [0.05, 0.1) is 21.9 Å². The Morgan fingerprint density at radius 3 is 2.97 bits per heavy atom. The zero-order valence-corrected chi connectivity index (χ0v) is 22.1. The van der Waals surface area contributed by atoms with Gasteiger partial charge in [0, 0.05) is 42.2 Å². The monoisotopic (exact) mass is 536 g/mol. The number of nitrogens with zero attached hydrogens (tertiary/aromatic N) is 2. The minimum absolute atomic E-state index is 0.134. The number of aryl methyl sites for hydroxylation is 1. The summed E-state index contributed by atoms with van der Waals surface area (Å²) in [5.74, 6) is 1.25. The zero-order chi connectivity index (χ0) is 24.8. The van der Waals surface area contributed by atoms with Crippen molar-refractivity contribution in [1.29, 1.82) is 0 Å². The molecule has 0 radical (unpaired) electrons. The lowest BCUT2D eigenvalue weighted by molar-refractivity contribution is -0.139. The van der Waals surface area contributed by atoms with Crippen molar-refractivity contribution in [3.8, 4) is 5.75 Å². The van der Waals surface area contributed by atoms with Gasteiger partial charge in [-0.3, -0.25) is 9.78 Å². The number of carbonyl (C=O) groups is 1. The third kappa shape index (κ3) is 7.09. The highest BCUT2D eigenvalue weighted by Gasteiger charge is 2.30. The number of halogens is 2. The number of carboxylic acid groups (broad SMARTS) is 1. The van der Waals surface area contributed by atoms with Crippen molar-refractivity contribution >= 4 is 51.6 Å². The number of pyridine rings is 1. The molecule has 0 spiro atoms. The molecule has 3 aromatic rings. The molecule has 1 aliphatic heterocycles. The molecule has 3 heterocycles. The number of thiophene rings is 1. The summed E-state index contributed by atoms with van der Waals surface area (Å²) in [6.45, 7) is 2.65. The van der Waals surface area contributed by atoms with Gasteiger partial charge >= 0.3 is 5.97 Å². The second kappa shape index (κ2) is 12.4. The third-order valence-electron chi connectivity index (χ3n) is 6.74. The van der Waals surface area contributed by atoms with Crippen LogP contribution >= 0.6 is 34.7 Å². The molecule has 0 unspecified atom stereocenters. The Labute approximate surface area is 218 Å². The average Bonchev–Trinajstić information content (AvgIpc) is 3.25. The number of carboxylic acids is 1. The van der Waals surface area contributed by atoms with Crippen LogP contribution in [-0.4, -0.2) is 53.5 Å². The van der Waals surface area contributed by atoms with E-state index >= 15 is 0 Å². The van der Waals surface area contributed by atoms with Gasteiger partial charge in [-0.1, -0.05) is 11.6 Å². The zero-order valence-electron chi connectivity index (χ0n) is 19.7. The van der Waals surface area contributed by atoms with Gasteiger partial charge in [-0.2, -0.15) is 0 Å². The lowest BCUT2D eigenvalue weighted by Gasteiger charge is -2.38. The smallest absolute Gasteiger partial charge is 0.303 e. The first-order valence-electron chi connectivity index (χ1n) is 11.8. The summed E-state index contributed by atoms with van der Waals surface area (Å²) in [5, 5.41) is 12.7. The summed E-state index contributed by atoms with van der Waals surface area (Å²) in [4.78, 5) is 18.4. The van der Waals surface area contributed by atoms with Gasteiger partial charge in [-0.05, 0) is 73.9 Å². The van der Waals surface area contributed by atoms with E-state index in [1.54, 1.807) is 31.1 Å². The predicted molar refractivity (Wildman–Crippen MR) is 142 cm³/mol. The summed E-state index contributed by atoms with van der Waals surface area (Å²) in [5.41, 5.74) is 1.97. The van der Waals surface area contributed by atoms with Crippen LogP contribution in [0.5, 0.6) is 5.75 Å². The van der Waals surface area contributed by atoms with E-state index in [-0.39, 0.29) is 18.2 Å². The Balaban J connectivity index is 1.33. The summed E-state index contributed by atoms with van der Waals surface area (Å²) in [6.07, 6.45) is 5.63. The number of rotatable bonds is 11. The van der Waals surface area contributed by atoms with Crippen LogP contribution in [0.3, 0.4) is 0 Å². The van der Waals surface area contributed by atoms with Crippen LogP contribution < -0.4 is 4.74 Å². The number of aliphatic carboxylic acids is 1. The second-order valence-electron chi connectivity index (χ2n) is 9.00. The highest BCUT2D eigenvalue weighted by molar-refractivity contribution is 8.01. The number of piperidine rings is 1. The number of methoxy groups -OCH3 is 1. The Bertz CT molecular complexity index is 1160. The van der Waals surface area contributed by atoms with Crippen LogP contribution in [0.25, 0.3) is 10.9 Å². The minimum atomic E-state index is -0.736. The first-order valence-corrected chi connectivity index (χ1v) is 14.1. The number of aromatic nitrogens is 1. The molecule has 0 bridgehead atoms. The molecule has 1 aliphatic rings. The largest absolute Gasteiger partial charge is 0.497 e. The second-order valence-corrected chi connectivity index (χ2v) is 11.7. The third-order valence-corrected chi connectivity index (χ3v) is 9.19. The SMILES string of the molecule is COc1ccc2ncc(Cl)c(CCC[C@@H]3CCN(CCSc4cc(F)cs4)C[C@H]3CC(=O)O)c2c1. The minimum Gasteiger partial charge on any atom is -0.497 e. The standard InChI is InChI=1S/C26H30ClFN2O3S2/c1-33-20-5-6-24-22(13-20)21(23(27)14-29-24)4-2-3-17-7-8-30(15-18(17)11-25(31)32)9-10-34-26-12-19(28)16-35-26/h5-6,12-14,16-18H,2-4,7-11,15H2,1H3,(H,31,32)/t17-,18-/m1/s1. The van der Waals surface area contributed by atoms with Gasteiger partial charge < -0.3 is 14.7 Å². The van der Waals surface area contributed by atoms with Crippen molar-refractivity contribution in [2.75, 3.05) is 32.5 Å². The average molecular weight is 537 g/mol. The van der Waals surface area contributed by atoms with E-state index in [4.69, 9.17) is 16.3 Å². The molecule has 1 fully saturated rings. The molecule has 9 heteroatoms. The fourth-order valence-electron chi connectivity index (χ4n) is 4.97. The van der Waals surface area contributed by atoms with Gasteiger partial charge in [0.25, 0.3) is 0 Å². The molecule has 2 atom stereocenters. The molecule has 4 rings (SSSR count). The number of benzene rings is 1. The van der Waals surface area contributed by atoms with Crippen LogP contribution in [0.4, 0.5) is 4.39 Å². The molecule has 188 valence electrons. The van der Waals surface area contributed by atoms with Gasteiger partial charge in [0.2, 0.25) is 0 Å². The van der Waals surface area contributed by atoms with Crippen molar-refractivity contribution in [3.63, 3.8) is 0 Å². The van der Waals surface area contributed by atoms with Gasteiger partial charge in [0.1, 0.15) is 11.6 Å². The number of hydrogen-bond donors (Lipinski definition) is 1. The fraction of sp³-hybridized carbons (Fsp3) is 0.462. The van der Waals surface area contributed by atoms with Gasteiger partial charge in [-0.25, -0.2) is 4.39 Å². The highest BCUT2D eigenvalue weighted by Crippen LogP contribution is 2.34. The van der Waals surface area contributed by atoms with E-state index in [0.29, 0.717) is 10.9 Å². The number of thioether (sulfide) groups is 1. The summed E-state index contributed by atoms with van der Waals surface area (Å²) < 4.78 is 19.6. The Hall–Kier alpha value is -1.87. The maximum Gasteiger partial charge on any atom is 0.303 e. The summed E-state index contributed by atoms with van der Waals surface area (Å²) >= 11 is 9.61. The molecule has 1 N–H and O–H groups in total. The van der Waals surface area contributed by atoms with Crippen molar-refractivity contribution in [2.45, 2.75) is 36.3 Å². The van der Waals surface area contributed by atoms with Crippen molar-refractivity contribution in [3.05, 3.63) is 52.2 Å². The first-order chi connectivity index (χ1) is 16.9. The maximum absolute atomic E-state index is 13.2. The molecular weight excluding hydrogens is 507 g/mol. The summed E-state index contributed by atoms with van der Waals surface area (Å²) in [6, 6.07) is 7.40. The van der Waals surface area contributed by atoms with Crippen LogP contribution in [0, 0.1) is 17.7 Å². The predicted octanol–water partition coefficient (Wildman–Crippen LogP) is 6.63. The van der Waals surface area contributed by atoms with Crippen molar-refractivity contribution in [2.24, 2.45) is 11.8 Å². The highest BCUT2D eigenvalue weighted by atomic mass is 35.5. The molecule has 1 aromatic carbocycles. The van der Waals surface area contributed by atoms with Crippen LogP contribution in [-0.2, 0) is 11.2 Å². The molecule has 2 aromatic heterocycles. The van der Waals surface area contributed by atoms with Crippen LogP contribution in [0.15, 0.2) is 40.1 Å². The first kappa shape index (κ1) is 26.2. The molecule has 0 amide bonds. The molecule has 0 aliphatic carbocycles. The van der Waals surface area contributed by atoms with E-state index in [1.165, 1.54) is 16.7 Å². The number of hydrogen-bond acceptors (Lipinski definition) is 6. The molecule has 0 saturated carbocycles. The molecular formula is C26H30ClFN2O3S2. The Morgan fingerprint density at radius 2 is 2.23 bits per heavy atom.